The smallest absolute Gasteiger partial charge is 0.229 e. The number of anilines is 2. The second-order valence-electron chi connectivity index (χ2n) is 5.66. The van der Waals surface area contributed by atoms with Crippen LogP contribution in [0.2, 0.25) is 0 Å². The molecule has 2 atom stereocenters. The van der Waals surface area contributed by atoms with E-state index in [0.29, 0.717) is 12.4 Å². The van der Waals surface area contributed by atoms with E-state index >= 15 is 0 Å². The quantitative estimate of drug-likeness (QED) is 0.818. The van der Waals surface area contributed by atoms with Crippen molar-refractivity contribution < 1.29 is 9.18 Å². The third-order valence-electron chi connectivity index (χ3n) is 4.33. The van der Waals surface area contributed by atoms with Gasteiger partial charge >= 0.3 is 0 Å². The van der Waals surface area contributed by atoms with Gasteiger partial charge in [0.2, 0.25) is 11.9 Å². The van der Waals surface area contributed by atoms with Gasteiger partial charge < -0.3 is 9.80 Å². The molecule has 2 aromatic heterocycles. The van der Waals surface area contributed by atoms with E-state index in [1.165, 1.54) is 0 Å². The maximum atomic E-state index is 13.0. The Morgan fingerprint density at radius 1 is 1.23 bits per heavy atom. The zero-order valence-electron chi connectivity index (χ0n) is 12.1. The number of aryl methyl sites for hydroxylation is 1. The van der Waals surface area contributed by atoms with Crippen molar-refractivity contribution in [2.45, 2.75) is 24.9 Å². The van der Waals surface area contributed by atoms with Crippen LogP contribution >= 0.6 is 0 Å². The number of carbonyl (C=O) groups excluding carboxylic acids is 1. The van der Waals surface area contributed by atoms with Gasteiger partial charge in [0.05, 0.1) is 36.4 Å². The minimum atomic E-state index is -0.459. The first-order valence-corrected chi connectivity index (χ1v) is 7.18. The second kappa shape index (κ2) is 4.75. The van der Waals surface area contributed by atoms with Crippen molar-refractivity contribution in [1.29, 1.82) is 0 Å². The molecule has 0 aliphatic carbocycles. The zero-order chi connectivity index (χ0) is 15.3. The third-order valence-corrected chi connectivity index (χ3v) is 4.33. The van der Waals surface area contributed by atoms with Gasteiger partial charge in [-0.25, -0.2) is 14.4 Å². The lowest BCUT2D eigenvalue weighted by Crippen LogP contribution is -2.37. The molecule has 1 amide bonds. The molecule has 0 bridgehead atoms. The lowest BCUT2D eigenvalue weighted by atomic mass is 10.1. The molecule has 2 unspecified atom stereocenters. The Labute approximate surface area is 126 Å². The number of amides is 1. The Morgan fingerprint density at radius 3 is 2.68 bits per heavy atom. The van der Waals surface area contributed by atoms with Gasteiger partial charge in [-0.2, -0.15) is 5.10 Å². The maximum Gasteiger partial charge on any atom is 0.229 e. The summed E-state index contributed by atoms with van der Waals surface area (Å²) in [7, 11) is 1.83. The van der Waals surface area contributed by atoms with E-state index in [4.69, 9.17) is 0 Å². The highest BCUT2D eigenvalue weighted by atomic mass is 19.1. The molecule has 0 aromatic carbocycles. The van der Waals surface area contributed by atoms with Crippen molar-refractivity contribution in [1.82, 2.24) is 19.7 Å². The SMILES string of the molecule is Cn1cc(N2C(=O)CC3C2CCN3c2ncc(F)cn2)cn1. The molecule has 0 radical (unpaired) electrons. The fourth-order valence-corrected chi connectivity index (χ4v) is 3.42. The number of hydrogen-bond acceptors (Lipinski definition) is 5. The lowest BCUT2D eigenvalue weighted by Gasteiger charge is -2.24. The molecule has 7 nitrogen and oxygen atoms in total. The summed E-state index contributed by atoms with van der Waals surface area (Å²) in [6.45, 7) is 0.755. The molecule has 0 saturated carbocycles. The van der Waals surface area contributed by atoms with Crippen molar-refractivity contribution in [3.63, 3.8) is 0 Å². The molecule has 0 N–H and O–H groups in total. The summed E-state index contributed by atoms with van der Waals surface area (Å²) in [5.74, 6) is 0.100. The fourth-order valence-electron chi connectivity index (χ4n) is 3.42. The van der Waals surface area contributed by atoms with Crippen LogP contribution in [0.1, 0.15) is 12.8 Å². The maximum absolute atomic E-state index is 13.0. The topological polar surface area (TPSA) is 67.2 Å². The Morgan fingerprint density at radius 2 is 2.00 bits per heavy atom. The molecular formula is C14H15FN6O. The number of aromatic nitrogens is 4. The van der Waals surface area contributed by atoms with Gasteiger partial charge in [-0.15, -0.1) is 0 Å². The van der Waals surface area contributed by atoms with Gasteiger partial charge in [-0.3, -0.25) is 9.48 Å². The van der Waals surface area contributed by atoms with E-state index in [-0.39, 0.29) is 18.0 Å². The van der Waals surface area contributed by atoms with Crippen molar-refractivity contribution in [3.8, 4) is 0 Å². The Balaban J connectivity index is 1.62. The highest BCUT2D eigenvalue weighted by molar-refractivity contribution is 5.97. The van der Waals surface area contributed by atoms with Crippen LogP contribution in [0.15, 0.2) is 24.8 Å². The van der Waals surface area contributed by atoms with Crippen LogP contribution in [-0.4, -0.2) is 44.3 Å². The summed E-state index contributed by atoms with van der Waals surface area (Å²) in [5, 5.41) is 4.14. The predicted molar refractivity (Wildman–Crippen MR) is 76.8 cm³/mol. The molecule has 0 spiro atoms. The summed E-state index contributed by atoms with van der Waals surface area (Å²) >= 11 is 0. The fraction of sp³-hybridized carbons (Fsp3) is 0.429. The highest BCUT2D eigenvalue weighted by Crippen LogP contribution is 2.37. The third kappa shape index (κ3) is 1.94. The summed E-state index contributed by atoms with van der Waals surface area (Å²) in [6, 6.07) is 0.114. The first-order chi connectivity index (χ1) is 10.6. The molecule has 2 aromatic rings. The molecule has 22 heavy (non-hydrogen) atoms. The largest absolute Gasteiger partial charge is 0.335 e. The Hall–Kier alpha value is -2.51. The van der Waals surface area contributed by atoms with Crippen LogP contribution in [-0.2, 0) is 11.8 Å². The molecular weight excluding hydrogens is 287 g/mol. The van der Waals surface area contributed by atoms with E-state index < -0.39 is 5.82 Å². The number of fused-ring (bicyclic) bond motifs is 1. The van der Waals surface area contributed by atoms with Crippen molar-refractivity contribution in [3.05, 3.63) is 30.6 Å². The summed E-state index contributed by atoms with van der Waals surface area (Å²) in [6.07, 6.45) is 7.12. The van der Waals surface area contributed by atoms with Gasteiger partial charge in [-0.05, 0) is 6.42 Å². The molecule has 2 saturated heterocycles. The first-order valence-electron chi connectivity index (χ1n) is 7.18. The van der Waals surface area contributed by atoms with Crippen molar-refractivity contribution >= 4 is 17.5 Å². The summed E-state index contributed by atoms with van der Waals surface area (Å²) in [5.41, 5.74) is 0.821. The van der Waals surface area contributed by atoms with E-state index in [1.807, 2.05) is 23.0 Å². The van der Waals surface area contributed by atoms with Crippen LogP contribution in [0.3, 0.4) is 0 Å². The zero-order valence-corrected chi connectivity index (χ0v) is 12.1. The second-order valence-corrected chi connectivity index (χ2v) is 5.66. The molecule has 2 aliphatic heterocycles. The van der Waals surface area contributed by atoms with Crippen molar-refractivity contribution in [2.75, 3.05) is 16.3 Å². The van der Waals surface area contributed by atoms with E-state index in [0.717, 1.165) is 31.0 Å². The Kier molecular flexibility index (Phi) is 2.85. The average molecular weight is 302 g/mol. The van der Waals surface area contributed by atoms with Gasteiger partial charge in [0.25, 0.3) is 0 Å². The number of carbonyl (C=O) groups is 1. The van der Waals surface area contributed by atoms with Gasteiger partial charge in [-0.1, -0.05) is 0 Å². The van der Waals surface area contributed by atoms with E-state index in [2.05, 4.69) is 15.1 Å². The van der Waals surface area contributed by atoms with Crippen molar-refractivity contribution in [2.24, 2.45) is 7.05 Å². The monoisotopic (exact) mass is 302 g/mol. The van der Waals surface area contributed by atoms with E-state index in [9.17, 15) is 9.18 Å². The summed E-state index contributed by atoms with van der Waals surface area (Å²) in [4.78, 5) is 24.3. The molecule has 114 valence electrons. The van der Waals surface area contributed by atoms with E-state index in [1.54, 1.807) is 10.9 Å². The minimum absolute atomic E-state index is 0.0261. The number of nitrogens with zero attached hydrogens (tertiary/aromatic N) is 6. The van der Waals surface area contributed by atoms with Gasteiger partial charge in [0.15, 0.2) is 5.82 Å². The molecule has 4 rings (SSSR count). The van der Waals surface area contributed by atoms with Gasteiger partial charge in [0.1, 0.15) is 0 Å². The highest BCUT2D eigenvalue weighted by Gasteiger charge is 2.48. The van der Waals surface area contributed by atoms with Crippen LogP contribution in [0.25, 0.3) is 0 Å². The molecule has 2 fully saturated rings. The lowest BCUT2D eigenvalue weighted by molar-refractivity contribution is -0.117. The van der Waals surface area contributed by atoms with Crippen LogP contribution in [0, 0.1) is 5.82 Å². The number of rotatable bonds is 2. The van der Waals surface area contributed by atoms with Crippen LogP contribution < -0.4 is 9.80 Å². The normalized spacial score (nSPS) is 24.2. The molecule has 2 aliphatic rings. The number of halogens is 1. The average Bonchev–Trinajstić information content (AvgIpc) is 3.15. The molecule has 8 heteroatoms. The number of hydrogen-bond donors (Lipinski definition) is 0. The van der Waals surface area contributed by atoms with Crippen LogP contribution in [0.5, 0.6) is 0 Å². The van der Waals surface area contributed by atoms with Gasteiger partial charge in [0, 0.05) is 26.2 Å². The summed E-state index contributed by atoms with van der Waals surface area (Å²) < 4.78 is 14.7. The first kappa shape index (κ1) is 13.2. The predicted octanol–water partition coefficient (Wildman–Crippen LogP) is 0.733. The van der Waals surface area contributed by atoms with Crippen LogP contribution in [0.4, 0.5) is 16.0 Å². The molecule has 4 heterocycles. The Bertz CT molecular complexity index is 714. The minimum Gasteiger partial charge on any atom is -0.335 e. The standard InChI is InChI=1S/C14H15FN6O/c1-19-8-10(7-18-19)21-11-2-3-20(12(11)4-13(21)22)14-16-5-9(15)6-17-14/h5-8,11-12H,2-4H2,1H3.